The number of carbonyl (C=O) groups is 1. The van der Waals surface area contributed by atoms with Crippen molar-refractivity contribution in [2.45, 2.75) is 20.3 Å². The number of rotatable bonds is 2. The van der Waals surface area contributed by atoms with Crippen molar-refractivity contribution in [2.24, 2.45) is 0 Å². The van der Waals surface area contributed by atoms with Gasteiger partial charge >= 0.3 is 5.91 Å². The van der Waals surface area contributed by atoms with Crippen molar-refractivity contribution in [1.29, 1.82) is 0 Å². The molecule has 0 heterocycles. The summed E-state index contributed by atoms with van der Waals surface area (Å²) in [5, 5.41) is 2.79. The lowest BCUT2D eigenvalue weighted by Gasteiger charge is -2.10. The third-order valence-corrected chi connectivity index (χ3v) is 2.34. The van der Waals surface area contributed by atoms with Crippen LogP contribution >= 0.6 is 15.9 Å². The molecule has 0 saturated heterocycles. The summed E-state index contributed by atoms with van der Waals surface area (Å²) in [6, 6.07) is 5.96. The molecule has 0 spiro atoms. The smallest absolute Gasteiger partial charge is 0.301 e. The quantitative estimate of drug-likeness (QED) is 0.819. The first-order valence-electron chi connectivity index (χ1n) is 4.70. The Morgan fingerprint density at radius 2 is 2.27 bits per heavy atom. The molecule has 1 aromatic carbocycles. The highest BCUT2D eigenvalue weighted by Gasteiger charge is 2.06. The lowest BCUT2D eigenvalue weighted by atomic mass is 10.1. The third kappa shape index (κ3) is 3.10. The molecule has 0 atom stereocenters. The van der Waals surface area contributed by atoms with Crippen molar-refractivity contribution in [3.05, 3.63) is 29.3 Å². The SMILES string of the molecule is CCc1cccc(C)c1NC(=O)C#CBr. The van der Waals surface area contributed by atoms with Gasteiger partial charge in [-0.05, 0) is 29.3 Å². The second-order valence-corrected chi connectivity index (χ2v) is 3.53. The van der Waals surface area contributed by atoms with Crippen molar-refractivity contribution < 1.29 is 4.79 Å². The summed E-state index contributed by atoms with van der Waals surface area (Å²) < 4.78 is 0. The van der Waals surface area contributed by atoms with E-state index in [9.17, 15) is 4.79 Å². The molecular formula is C12H12BrNO. The molecule has 0 aliphatic rings. The van der Waals surface area contributed by atoms with Gasteiger partial charge in [0.15, 0.2) is 0 Å². The van der Waals surface area contributed by atoms with Crippen LogP contribution in [0, 0.1) is 17.7 Å². The summed E-state index contributed by atoms with van der Waals surface area (Å²) in [6.45, 7) is 4.02. The topological polar surface area (TPSA) is 29.1 Å². The molecular weight excluding hydrogens is 254 g/mol. The van der Waals surface area contributed by atoms with Crippen molar-refractivity contribution in [3.8, 4) is 10.8 Å². The summed E-state index contributed by atoms with van der Waals surface area (Å²) in [4.78, 5) is 13.7. The fraction of sp³-hybridized carbons (Fsp3) is 0.250. The van der Waals surface area contributed by atoms with E-state index in [4.69, 9.17) is 0 Å². The Bertz CT molecular complexity index is 429. The number of anilines is 1. The Labute approximate surface area is 98.2 Å². The number of halogens is 1. The Balaban J connectivity index is 3.00. The Morgan fingerprint density at radius 1 is 1.53 bits per heavy atom. The van der Waals surface area contributed by atoms with E-state index in [1.165, 1.54) is 0 Å². The van der Waals surface area contributed by atoms with E-state index in [2.05, 4.69) is 38.9 Å². The predicted molar refractivity (Wildman–Crippen MR) is 65.9 cm³/mol. The van der Waals surface area contributed by atoms with Gasteiger partial charge in [-0.2, -0.15) is 0 Å². The second kappa shape index (κ2) is 5.57. The van der Waals surface area contributed by atoms with Gasteiger partial charge in [0, 0.05) is 27.5 Å². The van der Waals surface area contributed by atoms with Crippen LogP contribution < -0.4 is 5.32 Å². The zero-order valence-corrected chi connectivity index (χ0v) is 10.3. The molecule has 0 aromatic heterocycles. The van der Waals surface area contributed by atoms with E-state index in [1.54, 1.807) is 0 Å². The zero-order chi connectivity index (χ0) is 11.3. The van der Waals surface area contributed by atoms with Crippen molar-refractivity contribution in [1.82, 2.24) is 0 Å². The van der Waals surface area contributed by atoms with Gasteiger partial charge < -0.3 is 5.32 Å². The minimum atomic E-state index is -0.295. The average molecular weight is 266 g/mol. The van der Waals surface area contributed by atoms with Crippen LogP contribution in [-0.4, -0.2) is 5.91 Å². The maximum Gasteiger partial charge on any atom is 0.301 e. The fourth-order valence-electron chi connectivity index (χ4n) is 1.39. The highest BCUT2D eigenvalue weighted by atomic mass is 79.9. The summed E-state index contributed by atoms with van der Waals surface area (Å²) in [6.07, 6.45) is 0.888. The van der Waals surface area contributed by atoms with E-state index < -0.39 is 0 Å². The van der Waals surface area contributed by atoms with E-state index in [0.29, 0.717) is 0 Å². The van der Waals surface area contributed by atoms with Gasteiger partial charge in [-0.3, -0.25) is 4.79 Å². The summed E-state index contributed by atoms with van der Waals surface area (Å²) in [5.74, 6) is 2.09. The molecule has 1 aromatic rings. The van der Waals surface area contributed by atoms with Crippen LogP contribution in [0.15, 0.2) is 18.2 Å². The highest BCUT2D eigenvalue weighted by Crippen LogP contribution is 2.20. The predicted octanol–water partition coefficient (Wildman–Crippen LogP) is 2.85. The van der Waals surface area contributed by atoms with Crippen LogP contribution in [-0.2, 0) is 11.2 Å². The average Bonchev–Trinajstić information content (AvgIpc) is 2.21. The molecule has 0 radical (unpaired) electrons. The Morgan fingerprint density at radius 3 is 2.87 bits per heavy atom. The summed E-state index contributed by atoms with van der Waals surface area (Å²) >= 11 is 2.90. The first kappa shape index (κ1) is 11.8. The number of para-hydroxylation sites is 1. The lowest BCUT2D eigenvalue weighted by Crippen LogP contribution is -2.11. The standard InChI is InChI=1S/C12H12BrNO/c1-3-10-6-4-5-9(2)12(10)14-11(15)7-8-13/h4-6H,3H2,1-2H3,(H,14,15). The van der Waals surface area contributed by atoms with E-state index in [-0.39, 0.29) is 5.91 Å². The number of hydrogen-bond acceptors (Lipinski definition) is 1. The van der Waals surface area contributed by atoms with Crippen LogP contribution in [0.1, 0.15) is 18.1 Å². The van der Waals surface area contributed by atoms with Gasteiger partial charge in [0.25, 0.3) is 0 Å². The van der Waals surface area contributed by atoms with Gasteiger partial charge in [0.2, 0.25) is 0 Å². The fourth-order valence-corrected chi connectivity index (χ4v) is 1.57. The minimum Gasteiger partial charge on any atom is -0.315 e. The molecule has 0 saturated carbocycles. The van der Waals surface area contributed by atoms with Gasteiger partial charge in [-0.15, -0.1) is 0 Å². The lowest BCUT2D eigenvalue weighted by molar-refractivity contribution is -0.111. The monoisotopic (exact) mass is 265 g/mol. The van der Waals surface area contributed by atoms with Gasteiger partial charge in [-0.25, -0.2) is 0 Å². The van der Waals surface area contributed by atoms with Crippen LogP contribution in [0.4, 0.5) is 5.69 Å². The second-order valence-electron chi connectivity index (χ2n) is 3.14. The van der Waals surface area contributed by atoms with Gasteiger partial charge in [0.1, 0.15) is 0 Å². The Kier molecular flexibility index (Phi) is 4.38. The molecule has 78 valence electrons. The minimum absolute atomic E-state index is 0.295. The first-order chi connectivity index (χ1) is 7.19. The van der Waals surface area contributed by atoms with E-state index in [1.807, 2.05) is 25.1 Å². The molecule has 2 nitrogen and oxygen atoms in total. The van der Waals surface area contributed by atoms with Gasteiger partial charge in [0.05, 0.1) is 0 Å². The van der Waals surface area contributed by atoms with Crippen LogP contribution in [0.5, 0.6) is 0 Å². The van der Waals surface area contributed by atoms with E-state index >= 15 is 0 Å². The zero-order valence-electron chi connectivity index (χ0n) is 8.73. The van der Waals surface area contributed by atoms with Gasteiger partial charge in [-0.1, -0.05) is 25.1 Å². The number of aryl methyl sites for hydroxylation is 2. The number of nitrogens with one attached hydrogen (secondary N) is 1. The first-order valence-corrected chi connectivity index (χ1v) is 5.49. The molecule has 0 aliphatic carbocycles. The molecule has 15 heavy (non-hydrogen) atoms. The summed E-state index contributed by atoms with van der Waals surface area (Å²) in [7, 11) is 0. The summed E-state index contributed by atoms with van der Waals surface area (Å²) in [5.41, 5.74) is 3.05. The molecule has 0 unspecified atom stereocenters. The van der Waals surface area contributed by atoms with Crippen molar-refractivity contribution >= 4 is 27.5 Å². The molecule has 1 N–H and O–H groups in total. The molecule has 3 heteroatoms. The molecule has 1 rings (SSSR count). The molecule has 0 bridgehead atoms. The number of carbonyl (C=O) groups excluding carboxylic acids is 1. The number of hydrogen-bond donors (Lipinski definition) is 1. The maximum atomic E-state index is 11.3. The van der Waals surface area contributed by atoms with Crippen LogP contribution in [0.2, 0.25) is 0 Å². The van der Waals surface area contributed by atoms with Crippen molar-refractivity contribution in [3.63, 3.8) is 0 Å². The number of benzene rings is 1. The maximum absolute atomic E-state index is 11.3. The molecule has 0 fully saturated rings. The van der Waals surface area contributed by atoms with Crippen LogP contribution in [0.25, 0.3) is 0 Å². The van der Waals surface area contributed by atoms with E-state index in [0.717, 1.165) is 23.2 Å². The highest BCUT2D eigenvalue weighted by molar-refractivity contribution is 9.12. The number of amides is 1. The third-order valence-electron chi connectivity index (χ3n) is 2.14. The largest absolute Gasteiger partial charge is 0.315 e. The molecule has 0 aliphatic heterocycles. The molecule has 1 amide bonds. The normalized spacial score (nSPS) is 9.00. The Hall–Kier alpha value is -1.27. The van der Waals surface area contributed by atoms with Crippen LogP contribution in [0.3, 0.4) is 0 Å². The van der Waals surface area contributed by atoms with Crippen molar-refractivity contribution in [2.75, 3.05) is 5.32 Å².